The molecule has 0 N–H and O–H groups in total. The molecule has 0 radical (unpaired) electrons. The third-order valence-corrected chi connectivity index (χ3v) is 2.43. The van der Waals surface area contributed by atoms with Crippen molar-refractivity contribution in [2.75, 3.05) is 13.2 Å². The largest absolute Gasteiger partial charge is 0.501 e. The molecule has 0 aromatic heterocycles. The lowest BCUT2D eigenvalue weighted by Crippen LogP contribution is -1.88. The molecule has 2 heteroatoms. The Hall–Kier alpha value is -0.920. The lowest BCUT2D eigenvalue weighted by Gasteiger charge is -2.01. The zero-order valence-electron chi connectivity index (χ0n) is 11.7. The molecule has 0 amide bonds. The number of hydrogen-bond donors (Lipinski definition) is 0. The number of hydrogen-bond acceptors (Lipinski definition) is 2. The van der Waals surface area contributed by atoms with Crippen molar-refractivity contribution in [1.82, 2.24) is 0 Å². The second-order valence-electron chi connectivity index (χ2n) is 4.32. The van der Waals surface area contributed by atoms with Crippen LogP contribution < -0.4 is 0 Å². The van der Waals surface area contributed by atoms with Crippen molar-refractivity contribution in [3.05, 3.63) is 24.2 Å². The molecular weight excluding hydrogens is 212 g/mol. The van der Waals surface area contributed by atoms with Crippen molar-refractivity contribution in [3.63, 3.8) is 0 Å². The van der Waals surface area contributed by atoms with Crippen LogP contribution in [0.25, 0.3) is 0 Å². The van der Waals surface area contributed by atoms with Crippen LogP contribution in [0.2, 0.25) is 0 Å². The molecule has 17 heavy (non-hydrogen) atoms. The first kappa shape index (κ1) is 16.1. The van der Waals surface area contributed by atoms with Crippen LogP contribution in [0.3, 0.4) is 0 Å². The molecule has 0 atom stereocenters. The minimum Gasteiger partial charge on any atom is -0.501 e. The maximum absolute atomic E-state index is 5.42. The van der Waals surface area contributed by atoms with Gasteiger partial charge >= 0.3 is 0 Å². The van der Waals surface area contributed by atoms with Crippen LogP contribution in [0.1, 0.15) is 59.3 Å². The van der Waals surface area contributed by atoms with Gasteiger partial charge < -0.3 is 9.47 Å². The molecule has 0 bridgehead atoms. The molecule has 0 aliphatic rings. The Morgan fingerprint density at radius 3 is 2.06 bits per heavy atom. The van der Waals surface area contributed by atoms with Gasteiger partial charge in [-0.05, 0) is 31.4 Å². The Morgan fingerprint density at radius 2 is 1.47 bits per heavy atom. The van der Waals surface area contributed by atoms with Gasteiger partial charge in [-0.3, -0.25) is 0 Å². The van der Waals surface area contributed by atoms with E-state index in [1.54, 1.807) is 6.26 Å². The van der Waals surface area contributed by atoms with Crippen LogP contribution in [0.5, 0.6) is 0 Å². The highest BCUT2D eigenvalue weighted by Gasteiger charge is 1.87. The fraction of sp³-hybridized carbons (Fsp3) is 0.733. The van der Waals surface area contributed by atoms with Gasteiger partial charge in [-0.25, -0.2) is 0 Å². The Morgan fingerprint density at radius 1 is 0.882 bits per heavy atom. The van der Waals surface area contributed by atoms with Gasteiger partial charge in [0.25, 0.3) is 0 Å². The monoisotopic (exact) mass is 240 g/mol. The molecule has 0 aliphatic carbocycles. The topological polar surface area (TPSA) is 18.5 Å². The van der Waals surface area contributed by atoms with Gasteiger partial charge in [0.05, 0.1) is 25.7 Å². The molecule has 0 saturated carbocycles. The molecule has 0 saturated heterocycles. The SMILES string of the molecule is CCCCCOC=CC(C)=COCCCCC. The number of ether oxygens (including phenoxy) is 2. The summed E-state index contributed by atoms with van der Waals surface area (Å²) in [4.78, 5) is 0. The lowest BCUT2D eigenvalue weighted by atomic mass is 10.3. The van der Waals surface area contributed by atoms with Crippen LogP contribution >= 0.6 is 0 Å². The van der Waals surface area contributed by atoms with Crippen molar-refractivity contribution >= 4 is 0 Å². The normalized spacial score (nSPS) is 12.1. The number of rotatable bonds is 11. The Labute approximate surface area is 107 Å². The summed E-state index contributed by atoms with van der Waals surface area (Å²) in [6.45, 7) is 8.04. The standard InChI is InChI=1S/C15H28O2/c1-4-6-8-11-16-13-10-15(3)14-17-12-9-7-5-2/h10,13-14H,4-9,11-12H2,1-3H3. The summed E-state index contributed by atoms with van der Waals surface area (Å²) in [6, 6.07) is 0. The van der Waals surface area contributed by atoms with Crippen LogP contribution in [-0.2, 0) is 9.47 Å². The second-order valence-corrected chi connectivity index (χ2v) is 4.32. The van der Waals surface area contributed by atoms with Crippen LogP contribution in [0.15, 0.2) is 24.2 Å². The van der Waals surface area contributed by atoms with E-state index >= 15 is 0 Å². The fourth-order valence-corrected chi connectivity index (χ4v) is 1.32. The molecule has 0 heterocycles. The van der Waals surface area contributed by atoms with Gasteiger partial charge in [0.1, 0.15) is 0 Å². The summed E-state index contributed by atoms with van der Waals surface area (Å²) in [6.07, 6.45) is 12.7. The Bertz CT molecular complexity index is 207. The van der Waals surface area contributed by atoms with E-state index in [2.05, 4.69) is 13.8 Å². The maximum atomic E-state index is 5.42. The van der Waals surface area contributed by atoms with E-state index in [1.807, 2.05) is 19.3 Å². The minimum atomic E-state index is 0.814. The Balaban J connectivity index is 3.44. The second kappa shape index (κ2) is 13.1. The first-order valence-corrected chi connectivity index (χ1v) is 6.87. The highest BCUT2D eigenvalue weighted by atomic mass is 16.5. The minimum absolute atomic E-state index is 0.814. The predicted octanol–water partition coefficient (Wildman–Crippen LogP) is 4.82. The van der Waals surface area contributed by atoms with Gasteiger partial charge in [-0.2, -0.15) is 0 Å². The smallest absolute Gasteiger partial charge is 0.0873 e. The van der Waals surface area contributed by atoms with Gasteiger partial charge in [0.15, 0.2) is 0 Å². The van der Waals surface area contributed by atoms with E-state index in [0.29, 0.717) is 0 Å². The van der Waals surface area contributed by atoms with Crippen molar-refractivity contribution in [3.8, 4) is 0 Å². The molecular formula is C15H28O2. The first-order chi connectivity index (χ1) is 8.31. The van der Waals surface area contributed by atoms with E-state index in [0.717, 1.165) is 31.6 Å². The van der Waals surface area contributed by atoms with E-state index in [4.69, 9.17) is 9.47 Å². The summed E-state index contributed by atoms with van der Waals surface area (Å²) in [5.74, 6) is 0. The molecule has 0 rings (SSSR count). The fourth-order valence-electron chi connectivity index (χ4n) is 1.32. The van der Waals surface area contributed by atoms with Gasteiger partial charge in [-0.1, -0.05) is 39.5 Å². The highest BCUT2D eigenvalue weighted by molar-refractivity contribution is 5.11. The van der Waals surface area contributed by atoms with Crippen molar-refractivity contribution in [1.29, 1.82) is 0 Å². The lowest BCUT2D eigenvalue weighted by molar-refractivity contribution is 0.236. The van der Waals surface area contributed by atoms with Gasteiger partial charge in [-0.15, -0.1) is 0 Å². The average Bonchev–Trinajstić information content (AvgIpc) is 2.33. The average molecular weight is 240 g/mol. The molecule has 100 valence electrons. The zero-order valence-corrected chi connectivity index (χ0v) is 11.7. The summed E-state index contributed by atoms with van der Waals surface area (Å²) in [5.41, 5.74) is 1.09. The summed E-state index contributed by atoms with van der Waals surface area (Å²) in [5, 5.41) is 0. The molecule has 0 spiro atoms. The van der Waals surface area contributed by atoms with Gasteiger partial charge in [0.2, 0.25) is 0 Å². The van der Waals surface area contributed by atoms with E-state index in [-0.39, 0.29) is 0 Å². The number of unbranched alkanes of at least 4 members (excludes halogenated alkanes) is 4. The third kappa shape index (κ3) is 13.0. The summed E-state index contributed by atoms with van der Waals surface area (Å²) in [7, 11) is 0. The number of allylic oxidation sites excluding steroid dienone is 2. The van der Waals surface area contributed by atoms with Crippen molar-refractivity contribution in [2.24, 2.45) is 0 Å². The maximum Gasteiger partial charge on any atom is 0.0873 e. The van der Waals surface area contributed by atoms with E-state index in [1.165, 1.54) is 25.7 Å². The quantitative estimate of drug-likeness (QED) is 0.293. The predicted molar refractivity (Wildman–Crippen MR) is 73.9 cm³/mol. The Kier molecular flexibility index (Phi) is 12.4. The molecule has 0 fully saturated rings. The summed E-state index contributed by atoms with van der Waals surface area (Å²) >= 11 is 0. The molecule has 2 nitrogen and oxygen atoms in total. The molecule has 0 aromatic carbocycles. The van der Waals surface area contributed by atoms with Crippen LogP contribution in [-0.4, -0.2) is 13.2 Å². The van der Waals surface area contributed by atoms with E-state index < -0.39 is 0 Å². The van der Waals surface area contributed by atoms with Gasteiger partial charge in [0, 0.05) is 0 Å². The molecule has 0 aromatic rings. The summed E-state index contributed by atoms with van der Waals surface area (Å²) < 4.78 is 10.8. The molecule has 0 unspecified atom stereocenters. The van der Waals surface area contributed by atoms with E-state index in [9.17, 15) is 0 Å². The van der Waals surface area contributed by atoms with Crippen molar-refractivity contribution < 1.29 is 9.47 Å². The molecule has 0 aliphatic heterocycles. The van der Waals surface area contributed by atoms with Crippen LogP contribution in [0, 0.1) is 0 Å². The zero-order chi connectivity index (χ0) is 12.8. The first-order valence-electron chi connectivity index (χ1n) is 6.87. The highest BCUT2D eigenvalue weighted by Crippen LogP contribution is 2.00. The van der Waals surface area contributed by atoms with Crippen LogP contribution in [0.4, 0.5) is 0 Å². The third-order valence-electron chi connectivity index (χ3n) is 2.43. The van der Waals surface area contributed by atoms with Crippen molar-refractivity contribution in [2.45, 2.75) is 59.3 Å².